The summed E-state index contributed by atoms with van der Waals surface area (Å²) in [5.74, 6) is 0. The van der Waals surface area contributed by atoms with Crippen molar-refractivity contribution in [2.45, 2.75) is 0 Å². The summed E-state index contributed by atoms with van der Waals surface area (Å²) in [5.41, 5.74) is 2.45. The van der Waals surface area contributed by atoms with Gasteiger partial charge in [0, 0.05) is 16.1 Å². The molecule has 0 N–H and O–H groups in total. The van der Waals surface area contributed by atoms with Gasteiger partial charge in [-0.2, -0.15) is 0 Å². The van der Waals surface area contributed by atoms with Gasteiger partial charge in [-0.3, -0.25) is 0 Å². The van der Waals surface area contributed by atoms with E-state index in [4.69, 9.17) is 0 Å². The molecule has 2 heteroatoms. The number of aromatic nitrogens is 1. The van der Waals surface area contributed by atoms with Gasteiger partial charge in [0.05, 0.1) is 11.2 Å². The summed E-state index contributed by atoms with van der Waals surface area (Å²) in [7, 11) is 0. The standard InChI is InChI=1S/C18H12BrN/c19-16-9-10-18(15-7-3-2-6-14(15)16)20-12-11-13-5-1-4-8-17(13)20/h1-12H. The highest BCUT2D eigenvalue weighted by Gasteiger charge is 2.08. The molecule has 0 aliphatic carbocycles. The highest BCUT2D eigenvalue weighted by molar-refractivity contribution is 9.10. The Labute approximate surface area is 125 Å². The molecular formula is C18H12BrN. The third-order valence-electron chi connectivity index (χ3n) is 3.71. The van der Waals surface area contributed by atoms with Crippen LogP contribution in [0.4, 0.5) is 0 Å². The lowest BCUT2D eigenvalue weighted by atomic mass is 10.1. The van der Waals surface area contributed by atoms with Crippen molar-refractivity contribution in [2.75, 3.05) is 0 Å². The lowest BCUT2D eigenvalue weighted by Crippen LogP contribution is -1.93. The third-order valence-corrected chi connectivity index (χ3v) is 4.40. The number of hydrogen-bond donors (Lipinski definition) is 0. The van der Waals surface area contributed by atoms with E-state index in [1.54, 1.807) is 0 Å². The zero-order valence-electron chi connectivity index (χ0n) is 10.8. The highest BCUT2D eigenvalue weighted by atomic mass is 79.9. The van der Waals surface area contributed by atoms with Gasteiger partial charge in [0.25, 0.3) is 0 Å². The fourth-order valence-corrected chi connectivity index (χ4v) is 3.23. The quantitative estimate of drug-likeness (QED) is 0.433. The number of halogens is 1. The van der Waals surface area contributed by atoms with Crippen LogP contribution < -0.4 is 0 Å². The number of fused-ring (bicyclic) bond motifs is 2. The Bertz CT molecular complexity index is 921. The molecule has 3 aromatic carbocycles. The fourth-order valence-electron chi connectivity index (χ4n) is 2.75. The SMILES string of the molecule is Brc1ccc(-n2ccc3ccccc32)c2ccccc12. The van der Waals surface area contributed by atoms with Gasteiger partial charge in [0.15, 0.2) is 0 Å². The molecule has 0 aliphatic rings. The molecule has 0 atom stereocenters. The Morgan fingerprint density at radius 3 is 2.35 bits per heavy atom. The third kappa shape index (κ3) is 1.69. The van der Waals surface area contributed by atoms with Gasteiger partial charge in [0.2, 0.25) is 0 Å². The van der Waals surface area contributed by atoms with Crippen LogP contribution in [-0.4, -0.2) is 4.57 Å². The van der Waals surface area contributed by atoms with Crippen LogP contribution in [0.3, 0.4) is 0 Å². The number of benzene rings is 3. The summed E-state index contributed by atoms with van der Waals surface area (Å²) in [5, 5.41) is 3.76. The number of hydrogen-bond acceptors (Lipinski definition) is 0. The molecule has 4 rings (SSSR count). The molecule has 0 spiro atoms. The van der Waals surface area contributed by atoms with E-state index in [1.807, 2.05) is 0 Å². The summed E-state index contributed by atoms with van der Waals surface area (Å²) in [4.78, 5) is 0. The van der Waals surface area contributed by atoms with Gasteiger partial charge < -0.3 is 4.57 Å². The predicted octanol–water partition coefficient (Wildman–Crippen LogP) is 5.55. The van der Waals surface area contributed by atoms with Gasteiger partial charge in [0.1, 0.15) is 0 Å². The zero-order chi connectivity index (χ0) is 13.5. The summed E-state index contributed by atoms with van der Waals surface area (Å²) in [6, 6.07) is 23.4. The first-order chi connectivity index (χ1) is 9.84. The van der Waals surface area contributed by atoms with Gasteiger partial charge in [-0.05, 0) is 35.0 Å². The van der Waals surface area contributed by atoms with Crippen LogP contribution in [0.1, 0.15) is 0 Å². The first-order valence-corrected chi connectivity index (χ1v) is 7.37. The Kier molecular flexibility index (Phi) is 2.64. The Balaban J connectivity index is 2.10. The van der Waals surface area contributed by atoms with Crippen LogP contribution >= 0.6 is 15.9 Å². The van der Waals surface area contributed by atoms with Crippen molar-refractivity contribution in [3.8, 4) is 5.69 Å². The van der Waals surface area contributed by atoms with Crippen molar-refractivity contribution in [1.29, 1.82) is 0 Å². The van der Waals surface area contributed by atoms with Gasteiger partial charge in [-0.25, -0.2) is 0 Å². The van der Waals surface area contributed by atoms with Crippen molar-refractivity contribution in [3.05, 3.63) is 77.4 Å². The summed E-state index contributed by atoms with van der Waals surface area (Å²) < 4.78 is 3.39. The average Bonchev–Trinajstić information content (AvgIpc) is 2.92. The minimum Gasteiger partial charge on any atom is -0.316 e. The van der Waals surface area contributed by atoms with E-state index in [1.165, 1.54) is 27.4 Å². The summed E-state index contributed by atoms with van der Waals surface area (Å²) >= 11 is 3.63. The fraction of sp³-hybridized carbons (Fsp3) is 0. The molecule has 20 heavy (non-hydrogen) atoms. The van der Waals surface area contributed by atoms with Crippen molar-refractivity contribution in [3.63, 3.8) is 0 Å². The smallest absolute Gasteiger partial charge is 0.0534 e. The molecule has 0 aliphatic heterocycles. The second-order valence-corrected chi connectivity index (χ2v) is 5.71. The van der Waals surface area contributed by atoms with Crippen LogP contribution in [0.15, 0.2) is 77.4 Å². The molecule has 1 heterocycles. The lowest BCUT2D eigenvalue weighted by Gasteiger charge is -2.11. The largest absolute Gasteiger partial charge is 0.316 e. The van der Waals surface area contributed by atoms with E-state index in [0.29, 0.717) is 0 Å². The molecule has 0 radical (unpaired) electrons. The average molecular weight is 322 g/mol. The Morgan fingerprint density at radius 1 is 0.700 bits per heavy atom. The molecule has 0 fully saturated rings. The van der Waals surface area contributed by atoms with E-state index in [0.717, 1.165) is 4.47 Å². The zero-order valence-corrected chi connectivity index (χ0v) is 12.3. The van der Waals surface area contributed by atoms with Gasteiger partial charge >= 0.3 is 0 Å². The van der Waals surface area contributed by atoms with Crippen molar-refractivity contribution in [1.82, 2.24) is 4.57 Å². The van der Waals surface area contributed by atoms with Gasteiger partial charge in [-0.15, -0.1) is 0 Å². The number of rotatable bonds is 1. The molecular weight excluding hydrogens is 310 g/mol. The Morgan fingerprint density at radius 2 is 1.45 bits per heavy atom. The maximum Gasteiger partial charge on any atom is 0.0534 e. The maximum absolute atomic E-state index is 3.63. The lowest BCUT2D eigenvalue weighted by molar-refractivity contribution is 1.14. The summed E-state index contributed by atoms with van der Waals surface area (Å²) in [6.45, 7) is 0. The second kappa shape index (κ2) is 4.50. The topological polar surface area (TPSA) is 4.93 Å². The number of nitrogens with zero attached hydrogens (tertiary/aromatic N) is 1. The van der Waals surface area contributed by atoms with Gasteiger partial charge in [-0.1, -0.05) is 58.4 Å². The molecule has 1 aromatic heterocycles. The van der Waals surface area contributed by atoms with E-state index in [2.05, 4.69) is 93.4 Å². The second-order valence-electron chi connectivity index (χ2n) is 4.86. The van der Waals surface area contributed by atoms with E-state index in [-0.39, 0.29) is 0 Å². The normalized spacial score (nSPS) is 11.2. The molecule has 96 valence electrons. The first-order valence-electron chi connectivity index (χ1n) is 6.58. The van der Waals surface area contributed by atoms with Crippen LogP contribution in [0.5, 0.6) is 0 Å². The molecule has 0 bridgehead atoms. The highest BCUT2D eigenvalue weighted by Crippen LogP contribution is 2.31. The van der Waals surface area contributed by atoms with E-state index >= 15 is 0 Å². The van der Waals surface area contributed by atoms with Crippen LogP contribution in [0.2, 0.25) is 0 Å². The van der Waals surface area contributed by atoms with Crippen LogP contribution in [0.25, 0.3) is 27.4 Å². The Hall–Kier alpha value is -2.06. The molecule has 0 saturated heterocycles. The van der Waals surface area contributed by atoms with Crippen LogP contribution in [0, 0.1) is 0 Å². The van der Waals surface area contributed by atoms with Crippen molar-refractivity contribution in [2.24, 2.45) is 0 Å². The minimum absolute atomic E-state index is 1.13. The molecule has 1 nitrogen and oxygen atoms in total. The van der Waals surface area contributed by atoms with Crippen LogP contribution in [-0.2, 0) is 0 Å². The monoisotopic (exact) mass is 321 g/mol. The number of para-hydroxylation sites is 1. The first kappa shape index (κ1) is 11.7. The summed E-state index contributed by atoms with van der Waals surface area (Å²) in [6.07, 6.45) is 2.14. The molecule has 0 unspecified atom stereocenters. The maximum atomic E-state index is 3.63. The van der Waals surface area contributed by atoms with Crippen molar-refractivity contribution < 1.29 is 0 Å². The molecule has 4 aromatic rings. The minimum atomic E-state index is 1.13. The predicted molar refractivity (Wildman–Crippen MR) is 88.5 cm³/mol. The van der Waals surface area contributed by atoms with Crippen molar-refractivity contribution >= 4 is 37.6 Å². The molecule has 0 amide bonds. The van der Waals surface area contributed by atoms with E-state index < -0.39 is 0 Å². The molecule has 0 saturated carbocycles. The van der Waals surface area contributed by atoms with E-state index in [9.17, 15) is 0 Å².